The van der Waals surface area contributed by atoms with Gasteiger partial charge in [0.25, 0.3) is 5.91 Å². The van der Waals surface area contributed by atoms with E-state index in [2.05, 4.69) is 10.4 Å². The molecule has 3 heterocycles. The normalized spacial score (nSPS) is 15.8. The summed E-state index contributed by atoms with van der Waals surface area (Å²) >= 11 is 7.38. The lowest BCUT2D eigenvalue weighted by Gasteiger charge is -2.22. The van der Waals surface area contributed by atoms with Gasteiger partial charge in [-0.25, -0.2) is 4.39 Å². The minimum absolute atomic E-state index is 0.0648. The molecule has 0 amide bonds. The number of methoxy groups -OCH3 is 1. The maximum atomic E-state index is 15.3. The average molecular weight is 430 g/mol. The number of carbonyl (C=O) groups is 1. The summed E-state index contributed by atoms with van der Waals surface area (Å²) in [5, 5.41) is 7.45. The highest BCUT2D eigenvalue weighted by atomic mass is 35.5. The molecule has 6 nitrogen and oxygen atoms in total. The first-order chi connectivity index (χ1) is 13.3. The van der Waals surface area contributed by atoms with Gasteiger partial charge in [-0.15, -0.1) is 11.3 Å². The van der Waals surface area contributed by atoms with Gasteiger partial charge in [-0.2, -0.15) is 9.78 Å². The standard InChI is InChI=1S/C19H25ClFN3O3S/c1-19(2,11-26-3)18(25)24-17(22-10-13-4-5-14(20)28-13)15(21)16(23-24)12-6-8-27-9-7-12/h4-5,12,22H,6-11H2,1-3H3. The molecule has 1 saturated heterocycles. The smallest absolute Gasteiger partial charge is 0.256 e. The summed E-state index contributed by atoms with van der Waals surface area (Å²) in [6.07, 6.45) is 1.37. The number of ether oxygens (including phenoxy) is 2. The van der Waals surface area contributed by atoms with E-state index in [-0.39, 0.29) is 24.2 Å². The molecule has 0 radical (unpaired) electrons. The van der Waals surface area contributed by atoms with Gasteiger partial charge >= 0.3 is 0 Å². The van der Waals surface area contributed by atoms with Crippen molar-refractivity contribution in [3.8, 4) is 0 Å². The van der Waals surface area contributed by atoms with Crippen LogP contribution < -0.4 is 5.32 Å². The molecule has 2 aromatic heterocycles. The van der Waals surface area contributed by atoms with E-state index < -0.39 is 11.2 Å². The molecule has 3 rings (SSSR count). The average Bonchev–Trinajstić information content (AvgIpc) is 3.23. The summed E-state index contributed by atoms with van der Waals surface area (Å²) in [5.74, 6) is -0.778. The highest BCUT2D eigenvalue weighted by molar-refractivity contribution is 7.16. The first-order valence-electron chi connectivity index (χ1n) is 9.21. The van der Waals surface area contributed by atoms with Gasteiger partial charge in [0, 0.05) is 31.1 Å². The van der Waals surface area contributed by atoms with Crippen molar-refractivity contribution < 1.29 is 18.7 Å². The third kappa shape index (κ3) is 4.56. The third-order valence-corrected chi connectivity index (χ3v) is 6.03. The van der Waals surface area contributed by atoms with Crippen molar-refractivity contribution in [2.45, 2.75) is 39.2 Å². The summed E-state index contributed by atoms with van der Waals surface area (Å²) in [4.78, 5) is 14.0. The van der Waals surface area contributed by atoms with Gasteiger partial charge in [0.15, 0.2) is 11.6 Å². The van der Waals surface area contributed by atoms with Crippen LogP contribution in [0.4, 0.5) is 10.2 Å². The molecule has 2 aromatic rings. The number of hydrogen-bond donors (Lipinski definition) is 1. The third-order valence-electron chi connectivity index (χ3n) is 4.80. The van der Waals surface area contributed by atoms with Crippen LogP contribution in [0.25, 0.3) is 0 Å². The predicted octanol–water partition coefficient (Wildman–Crippen LogP) is 4.56. The molecule has 154 valence electrons. The number of thiophene rings is 1. The first kappa shape index (κ1) is 21.2. The number of nitrogens with zero attached hydrogens (tertiary/aromatic N) is 2. The minimum atomic E-state index is -0.844. The summed E-state index contributed by atoms with van der Waals surface area (Å²) < 4.78 is 27.7. The molecular weight excluding hydrogens is 405 g/mol. The van der Waals surface area contributed by atoms with E-state index in [0.717, 1.165) is 9.56 Å². The Hall–Kier alpha value is -1.48. The van der Waals surface area contributed by atoms with Crippen LogP contribution in [0.3, 0.4) is 0 Å². The van der Waals surface area contributed by atoms with Crippen molar-refractivity contribution in [1.82, 2.24) is 9.78 Å². The number of rotatable bonds is 7. The van der Waals surface area contributed by atoms with Crippen molar-refractivity contribution in [2.24, 2.45) is 5.41 Å². The maximum Gasteiger partial charge on any atom is 0.256 e. The predicted molar refractivity (Wildman–Crippen MR) is 108 cm³/mol. The van der Waals surface area contributed by atoms with Crippen molar-refractivity contribution in [3.05, 3.63) is 32.9 Å². The van der Waals surface area contributed by atoms with Crippen molar-refractivity contribution in [3.63, 3.8) is 0 Å². The van der Waals surface area contributed by atoms with Gasteiger partial charge < -0.3 is 14.8 Å². The second-order valence-electron chi connectivity index (χ2n) is 7.53. The molecule has 1 aliphatic heterocycles. The number of nitrogens with one attached hydrogen (secondary N) is 1. The largest absolute Gasteiger partial charge is 0.384 e. The van der Waals surface area contributed by atoms with Gasteiger partial charge in [0.1, 0.15) is 5.69 Å². The number of anilines is 1. The Morgan fingerprint density at radius 2 is 2.18 bits per heavy atom. The highest BCUT2D eigenvalue weighted by Crippen LogP contribution is 2.33. The Balaban J connectivity index is 1.93. The number of hydrogen-bond acceptors (Lipinski definition) is 6. The van der Waals surface area contributed by atoms with Crippen molar-refractivity contribution >= 4 is 34.7 Å². The van der Waals surface area contributed by atoms with Crippen LogP contribution in [0, 0.1) is 11.2 Å². The SMILES string of the molecule is COCC(C)(C)C(=O)n1nc(C2CCOCC2)c(F)c1NCc1ccc(Cl)s1. The Morgan fingerprint density at radius 1 is 1.46 bits per heavy atom. The van der Waals surface area contributed by atoms with Crippen LogP contribution in [0.1, 0.15) is 48.0 Å². The summed E-state index contributed by atoms with van der Waals surface area (Å²) in [6, 6.07) is 3.66. The molecule has 0 bridgehead atoms. The van der Waals surface area contributed by atoms with Crippen molar-refractivity contribution in [1.29, 1.82) is 0 Å². The molecule has 0 unspecified atom stereocenters. The quantitative estimate of drug-likeness (QED) is 0.699. The van der Waals surface area contributed by atoms with E-state index >= 15 is 4.39 Å². The van der Waals surface area contributed by atoms with Gasteiger partial charge in [-0.05, 0) is 38.8 Å². The second kappa shape index (κ2) is 8.90. The van der Waals surface area contributed by atoms with Crippen LogP contribution in [-0.2, 0) is 16.0 Å². The molecule has 0 spiro atoms. The Labute approximate surface area is 173 Å². The molecule has 28 heavy (non-hydrogen) atoms. The lowest BCUT2D eigenvalue weighted by molar-refractivity contribution is 0.0527. The van der Waals surface area contributed by atoms with Crippen LogP contribution in [0.15, 0.2) is 12.1 Å². The van der Waals surface area contributed by atoms with Crippen molar-refractivity contribution in [2.75, 3.05) is 32.2 Å². The van der Waals surface area contributed by atoms with E-state index in [1.54, 1.807) is 19.9 Å². The zero-order valence-corrected chi connectivity index (χ0v) is 17.8. The van der Waals surface area contributed by atoms with Gasteiger partial charge in [-0.3, -0.25) is 4.79 Å². The van der Waals surface area contributed by atoms with Gasteiger partial charge in [0.05, 0.1) is 22.9 Å². The number of aromatic nitrogens is 2. The lowest BCUT2D eigenvalue weighted by Crippen LogP contribution is -2.35. The topological polar surface area (TPSA) is 65.4 Å². The minimum Gasteiger partial charge on any atom is -0.384 e. The molecule has 0 aliphatic carbocycles. The zero-order chi connectivity index (χ0) is 20.3. The van der Waals surface area contributed by atoms with E-state index in [1.807, 2.05) is 6.07 Å². The fourth-order valence-corrected chi connectivity index (χ4v) is 4.30. The van der Waals surface area contributed by atoms with Gasteiger partial charge in [0.2, 0.25) is 0 Å². The molecule has 9 heteroatoms. The summed E-state index contributed by atoms with van der Waals surface area (Å²) in [6.45, 7) is 5.21. The van der Waals surface area contributed by atoms with E-state index in [0.29, 0.717) is 42.6 Å². The summed E-state index contributed by atoms with van der Waals surface area (Å²) in [5.41, 5.74) is -0.528. The maximum absolute atomic E-state index is 15.3. The fraction of sp³-hybridized carbons (Fsp3) is 0.579. The molecular formula is C19H25ClFN3O3S. The van der Waals surface area contributed by atoms with E-state index in [9.17, 15) is 4.79 Å². The van der Waals surface area contributed by atoms with Gasteiger partial charge in [-0.1, -0.05) is 11.6 Å². The monoisotopic (exact) mass is 429 g/mol. The zero-order valence-electron chi connectivity index (χ0n) is 16.3. The molecule has 0 aromatic carbocycles. The Kier molecular flexibility index (Phi) is 6.75. The summed E-state index contributed by atoms with van der Waals surface area (Å²) in [7, 11) is 1.53. The molecule has 0 atom stereocenters. The molecule has 1 fully saturated rings. The Bertz CT molecular complexity index is 831. The van der Waals surface area contributed by atoms with E-state index in [1.165, 1.54) is 18.4 Å². The molecule has 1 aliphatic rings. The fourth-order valence-electron chi connectivity index (χ4n) is 3.27. The molecule has 0 saturated carbocycles. The number of carbonyl (C=O) groups excluding carboxylic acids is 1. The second-order valence-corrected chi connectivity index (χ2v) is 9.33. The highest BCUT2D eigenvalue weighted by Gasteiger charge is 2.35. The lowest BCUT2D eigenvalue weighted by atomic mass is 9.94. The van der Waals surface area contributed by atoms with E-state index in [4.69, 9.17) is 21.1 Å². The first-order valence-corrected chi connectivity index (χ1v) is 10.4. The van der Waals surface area contributed by atoms with Crippen LogP contribution in [0.5, 0.6) is 0 Å². The van der Waals surface area contributed by atoms with Crippen LogP contribution in [0.2, 0.25) is 4.34 Å². The number of halogens is 2. The Morgan fingerprint density at radius 3 is 2.79 bits per heavy atom. The molecule has 1 N–H and O–H groups in total. The van der Waals surface area contributed by atoms with Crippen LogP contribution in [-0.4, -0.2) is 42.6 Å². The van der Waals surface area contributed by atoms with Crippen LogP contribution >= 0.6 is 22.9 Å².